The molecule has 1 N–H and O–H groups in total. The summed E-state index contributed by atoms with van der Waals surface area (Å²) in [6, 6.07) is 9.33. The van der Waals surface area contributed by atoms with E-state index in [1.165, 1.54) is 6.92 Å². The highest BCUT2D eigenvalue weighted by Gasteiger charge is 2.29. The lowest BCUT2D eigenvalue weighted by Gasteiger charge is -2.28. The molecule has 10 heteroatoms. The second-order valence-corrected chi connectivity index (χ2v) is 9.62. The van der Waals surface area contributed by atoms with Crippen molar-refractivity contribution in [3.8, 4) is 0 Å². The number of morpholine rings is 1. The van der Waals surface area contributed by atoms with Crippen molar-refractivity contribution in [2.45, 2.75) is 26.1 Å². The van der Waals surface area contributed by atoms with Crippen molar-refractivity contribution in [2.75, 3.05) is 36.9 Å². The molecule has 0 aliphatic carbocycles. The molecule has 32 heavy (non-hydrogen) atoms. The maximum atomic E-state index is 13.7. The maximum absolute atomic E-state index is 13.7. The van der Waals surface area contributed by atoms with Gasteiger partial charge in [0.2, 0.25) is 15.9 Å². The predicted molar refractivity (Wildman–Crippen MR) is 118 cm³/mol. The lowest BCUT2D eigenvalue weighted by Crippen LogP contribution is -2.47. The van der Waals surface area contributed by atoms with Gasteiger partial charge in [0.1, 0.15) is 6.04 Å². The molecule has 1 saturated heterocycles. The summed E-state index contributed by atoms with van der Waals surface area (Å²) >= 11 is 0. The molecule has 1 heterocycles. The van der Waals surface area contributed by atoms with Gasteiger partial charge in [-0.25, -0.2) is 17.2 Å². The number of benzene rings is 2. The molecule has 0 aromatic heterocycles. The van der Waals surface area contributed by atoms with Crippen LogP contribution in [0.25, 0.3) is 0 Å². The average Bonchev–Trinajstić information content (AvgIpc) is 2.74. The van der Waals surface area contributed by atoms with Gasteiger partial charge in [-0.05, 0) is 30.2 Å². The highest BCUT2D eigenvalue weighted by atomic mass is 32.2. The number of hydrogen-bond acceptors (Lipinski definition) is 5. The second kappa shape index (κ2) is 10.4. The van der Waals surface area contributed by atoms with Crippen molar-refractivity contribution in [2.24, 2.45) is 0 Å². The molecule has 0 bridgehead atoms. The van der Waals surface area contributed by atoms with Crippen LogP contribution in [0.3, 0.4) is 0 Å². The molecule has 0 unspecified atom stereocenters. The Bertz CT molecular complexity index is 1060. The highest BCUT2D eigenvalue weighted by Crippen LogP contribution is 2.23. The molecule has 174 valence electrons. The van der Waals surface area contributed by atoms with Crippen LogP contribution < -0.4 is 9.62 Å². The Kier molecular flexibility index (Phi) is 7.81. The molecule has 0 radical (unpaired) electrons. The number of sulfonamides is 1. The number of nitrogens with one attached hydrogen (secondary N) is 1. The lowest BCUT2D eigenvalue weighted by atomic mass is 10.1. The molecule has 2 aromatic rings. The minimum Gasteiger partial charge on any atom is -0.379 e. The maximum Gasteiger partial charge on any atom is 0.243 e. The molecule has 1 amide bonds. The molecule has 2 aromatic carbocycles. The van der Waals surface area contributed by atoms with Gasteiger partial charge in [0, 0.05) is 32.2 Å². The van der Waals surface area contributed by atoms with Gasteiger partial charge in [-0.2, -0.15) is 0 Å². The van der Waals surface area contributed by atoms with E-state index >= 15 is 0 Å². The third-order valence-electron chi connectivity index (χ3n) is 5.21. The van der Waals surface area contributed by atoms with Crippen molar-refractivity contribution in [3.05, 3.63) is 65.2 Å². The quantitative estimate of drug-likeness (QED) is 0.645. The third kappa shape index (κ3) is 6.24. The number of amides is 1. The van der Waals surface area contributed by atoms with Gasteiger partial charge < -0.3 is 10.1 Å². The molecule has 7 nitrogen and oxygen atoms in total. The first-order chi connectivity index (χ1) is 15.1. The first-order valence-electron chi connectivity index (χ1n) is 10.3. The van der Waals surface area contributed by atoms with Gasteiger partial charge >= 0.3 is 0 Å². The van der Waals surface area contributed by atoms with E-state index in [1.807, 2.05) is 24.3 Å². The molecule has 1 aliphatic rings. The van der Waals surface area contributed by atoms with Crippen LogP contribution in [0.15, 0.2) is 42.5 Å². The van der Waals surface area contributed by atoms with Gasteiger partial charge in [-0.15, -0.1) is 0 Å². The molecule has 0 saturated carbocycles. The van der Waals surface area contributed by atoms with E-state index in [9.17, 15) is 22.0 Å². The Morgan fingerprint density at radius 3 is 2.47 bits per heavy atom. The van der Waals surface area contributed by atoms with Crippen molar-refractivity contribution in [1.29, 1.82) is 0 Å². The minimum atomic E-state index is -3.93. The summed E-state index contributed by atoms with van der Waals surface area (Å²) in [6.45, 7) is 5.53. The smallest absolute Gasteiger partial charge is 0.243 e. The average molecular weight is 468 g/mol. The number of rotatable bonds is 8. The Balaban J connectivity index is 1.67. The number of carbonyl (C=O) groups is 1. The van der Waals surface area contributed by atoms with Crippen LogP contribution in [-0.4, -0.2) is 57.8 Å². The zero-order valence-electron chi connectivity index (χ0n) is 18.1. The van der Waals surface area contributed by atoms with Crippen molar-refractivity contribution in [3.63, 3.8) is 0 Å². The number of anilines is 1. The number of nitrogens with zero attached hydrogens (tertiary/aromatic N) is 2. The van der Waals surface area contributed by atoms with Crippen LogP contribution >= 0.6 is 0 Å². The monoisotopic (exact) mass is 467 g/mol. The van der Waals surface area contributed by atoms with E-state index in [4.69, 9.17) is 4.74 Å². The molecule has 1 fully saturated rings. The largest absolute Gasteiger partial charge is 0.379 e. The van der Waals surface area contributed by atoms with E-state index in [1.54, 1.807) is 0 Å². The summed E-state index contributed by atoms with van der Waals surface area (Å²) in [6.07, 6.45) is 0.910. The molecule has 3 rings (SSSR count). The van der Waals surface area contributed by atoms with Crippen LogP contribution in [0.1, 0.15) is 18.1 Å². The van der Waals surface area contributed by atoms with Crippen molar-refractivity contribution in [1.82, 2.24) is 10.2 Å². The molecular weight excluding hydrogens is 440 g/mol. The van der Waals surface area contributed by atoms with Crippen LogP contribution in [0, 0.1) is 11.6 Å². The Morgan fingerprint density at radius 1 is 1.12 bits per heavy atom. The fourth-order valence-corrected chi connectivity index (χ4v) is 4.79. The van der Waals surface area contributed by atoms with E-state index < -0.39 is 33.6 Å². The van der Waals surface area contributed by atoms with Crippen LogP contribution in [0.2, 0.25) is 0 Å². The van der Waals surface area contributed by atoms with Crippen molar-refractivity contribution >= 4 is 21.6 Å². The van der Waals surface area contributed by atoms with Crippen LogP contribution in [-0.2, 0) is 32.6 Å². The molecule has 0 spiro atoms. The van der Waals surface area contributed by atoms with Gasteiger partial charge in [0.25, 0.3) is 0 Å². The number of halogens is 2. The third-order valence-corrected chi connectivity index (χ3v) is 6.46. The summed E-state index contributed by atoms with van der Waals surface area (Å²) in [5, 5.41) is 2.73. The minimum absolute atomic E-state index is 0.124. The summed E-state index contributed by atoms with van der Waals surface area (Å²) < 4.78 is 57.7. The number of hydrogen-bond donors (Lipinski definition) is 1. The zero-order valence-corrected chi connectivity index (χ0v) is 18.9. The molecular formula is C22H27F2N3O4S. The fourth-order valence-electron chi connectivity index (χ4n) is 3.62. The first-order valence-corrected chi connectivity index (χ1v) is 12.1. The Morgan fingerprint density at radius 2 is 1.81 bits per heavy atom. The lowest BCUT2D eigenvalue weighted by molar-refractivity contribution is -0.122. The SMILES string of the molecule is C[C@H](C(=O)NCc1cccc(CN2CCOCC2)c1)N(c1ccc(F)c(F)c1)S(C)(=O)=O. The van der Waals surface area contributed by atoms with Gasteiger partial charge in [0.15, 0.2) is 11.6 Å². The summed E-state index contributed by atoms with van der Waals surface area (Å²) in [7, 11) is -3.93. The highest BCUT2D eigenvalue weighted by molar-refractivity contribution is 7.92. The molecule has 1 atom stereocenters. The summed E-state index contributed by atoms with van der Waals surface area (Å²) in [5.41, 5.74) is 1.85. The predicted octanol–water partition coefficient (Wildman–Crippen LogP) is 2.27. The van der Waals surface area contributed by atoms with E-state index in [2.05, 4.69) is 10.2 Å². The number of carbonyl (C=O) groups excluding carboxylic acids is 1. The van der Waals surface area contributed by atoms with Crippen LogP contribution in [0.4, 0.5) is 14.5 Å². The summed E-state index contributed by atoms with van der Waals surface area (Å²) in [4.78, 5) is 15.0. The normalized spacial score (nSPS) is 15.9. The van der Waals surface area contributed by atoms with Gasteiger partial charge in [-0.1, -0.05) is 24.3 Å². The van der Waals surface area contributed by atoms with Gasteiger partial charge in [0.05, 0.1) is 25.2 Å². The van der Waals surface area contributed by atoms with Crippen LogP contribution in [0.5, 0.6) is 0 Å². The summed E-state index contributed by atoms with van der Waals surface area (Å²) in [5.74, 6) is -2.85. The molecule has 1 aliphatic heterocycles. The fraction of sp³-hybridized carbons (Fsp3) is 0.409. The second-order valence-electron chi connectivity index (χ2n) is 7.76. The number of ether oxygens (including phenoxy) is 1. The Labute approximate surface area is 187 Å². The van der Waals surface area contributed by atoms with Crippen molar-refractivity contribution < 1.29 is 26.7 Å². The van der Waals surface area contributed by atoms with E-state index in [0.717, 1.165) is 59.5 Å². The zero-order chi connectivity index (χ0) is 23.3. The standard InChI is InChI=1S/C22H27F2N3O4S/c1-16(27(32(2,29)30)19-6-7-20(23)21(24)13-19)22(28)25-14-17-4-3-5-18(12-17)15-26-8-10-31-11-9-26/h3-7,12-13,16H,8-11,14-15H2,1-2H3,(H,25,28)/t16-/m1/s1. The Hall–Kier alpha value is -2.56. The van der Waals surface area contributed by atoms with Gasteiger partial charge in [-0.3, -0.25) is 14.0 Å². The first kappa shape index (κ1) is 24.1. The van der Waals surface area contributed by atoms with E-state index in [0.29, 0.717) is 13.2 Å². The van der Waals surface area contributed by atoms with E-state index in [-0.39, 0.29) is 12.2 Å². The topological polar surface area (TPSA) is 79.0 Å².